The topological polar surface area (TPSA) is 9.23 Å². The van der Waals surface area contributed by atoms with Gasteiger partial charge in [-0.3, -0.25) is 0 Å². The van der Waals surface area contributed by atoms with Gasteiger partial charge in [-0.25, -0.2) is 0 Å². The molecule has 0 atom stereocenters. The minimum absolute atomic E-state index is 0.265. The number of benzene rings is 1. The van der Waals surface area contributed by atoms with Gasteiger partial charge in [-0.15, -0.1) is 12.0 Å². The highest BCUT2D eigenvalue weighted by Crippen LogP contribution is 2.14. The SMILES string of the molecule is C=CCCCOc1cccc([B-](F)(F)F)c1. The molecule has 0 aromatic heterocycles. The Morgan fingerprint density at radius 2 is 2.06 bits per heavy atom. The van der Waals surface area contributed by atoms with Gasteiger partial charge in [0.05, 0.1) is 6.61 Å². The van der Waals surface area contributed by atoms with Crippen LogP contribution in [0.3, 0.4) is 0 Å². The molecule has 0 aliphatic heterocycles. The lowest BCUT2D eigenvalue weighted by molar-refractivity contribution is 0.312. The number of rotatable bonds is 6. The number of hydrogen-bond donors (Lipinski definition) is 0. The Balaban J connectivity index is 2.57. The van der Waals surface area contributed by atoms with E-state index in [-0.39, 0.29) is 5.75 Å². The van der Waals surface area contributed by atoms with Gasteiger partial charge >= 0.3 is 6.98 Å². The molecule has 88 valence electrons. The first kappa shape index (κ1) is 12.7. The van der Waals surface area contributed by atoms with E-state index < -0.39 is 12.4 Å². The van der Waals surface area contributed by atoms with Crippen LogP contribution in [0.4, 0.5) is 12.9 Å². The molecule has 0 aliphatic rings. The van der Waals surface area contributed by atoms with Crippen LogP contribution in [0.2, 0.25) is 0 Å². The Kier molecular flexibility index (Phi) is 4.46. The van der Waals surface area contributed by atoms with Crippen molar-refractivity contribution in [2.75, 3.05) is 6.61 Å². The van der Waals surface area contributed by atoms with Gasteiger partial charge in [-0.05, 0) is 25.0 Å². The Morgan fingerprint density at radius 3 is 2.69 bits per heavy atom. The minimum Gasteiger partial charge on any atom is -0.494 e. The summed E-state index contributed by atoms with van der Waals surface area (Å²) < 4.78 is 42.4. The van der Waals surface area contributed by atoms with Crippen LogP contribution in [0.1, 0.15) is 12.8 Å². The molecule has 0 amide bonds. The lowest BCUT2D eigenvalue weighted by Gasteiger charge is -2.15. The quantitative estimate of drug-likeness (QED) is 0.413. The van der Waals surface area contributed by atoms with Gasteiger partial charge in [0.15, 0.2) is 0 Å². The molecule has 5 heteroatoms. The maximum absolute atomic E-state index is 12.4. The summed E-state index contributed by atoms with van der Waals surface area (Å²) in [4.78, 5) is 0. The monoisotopic (exact) mass is 229 g/mol. The van der Waals surface area contributed by atoms with Gasteiger partial charge in [-0.1, -0.05) is 18.2 Å². The molecule has 0 saturated heterocycles. The van der Waals surface area contributed by atoms with E-state index in [0.29, 0.717) is 6.61 Å². The zero-order chi connectivity index (χ0) is 12.0. The van der Waals surface area contributed by atoms with Crippen molar-refractivity contribution >= 4 is 12.4 Å². The highest BCUT2D eigenvalue weighted by molar-refractivity contribution is 6.73. The third-order valence-corrected chi connectivity index (χ3v) is 2.06. The molecule has 1 nitrogen and oxygen atoms in total. The van der Waals surface area contributed by atoms with Crippen LogP contribution in [0, 0.1) is 0 Å². The van der Waals surface area contributed by atoms with Crippen molar-refractivity contribution in [2.45, 2.75) is 12.8 Å². The minimum atomic E-state index is -4.95. The largest absolute Gasteiger partial charge is 0.509 e. The van der Waals surface area contributed by atoms with E-state index in [0.717, 1.165) is 25.0 Å². The van der Waals surface area contributed by atoms with Crippen LogP contribution in [-0.2, 0) is 0 Å². The number of hydrogen-bond acceptors (Lipinski definition) is 1. The standard InChI is InChI=1S/C11H13BF3O/c1-2-3-4-8-16-11-7-5-6-10(9-11)12(13,14)15/h2,5-7,9H,1,3-4,8H2/q-1. The highest BCUT2D eigenvalue weighted by atomic mass is 19.4. The van der Waals surface area contributed by atoms with Crippen LogP contribution in [0.25, 0.3) is 0 Å². The summed E-state index contributed by atoms with van der Waals surface area (Å²) in [5.74, 6) is 0.265. The van der Waals surface area contributed by atoms with Crippen molar-refractivity contribution in [2.24, 2.45) is 0 Å². The first-order valence-electron chi connectivity index (χ1n) is 5.07. The third-order valence-electron chi connectivity index (χ3n) is 2.06. The summed E-state index contributed by atoms with van der Waals surface area (Å²) in [6.07, 6.45) is 3.30. The molecule has 0 N–H and O–H groups in total. The lowest BCUT2D eigenvalue weighted by Crippen LogP contribution is -2.33. The Labute approximate surface area is 93.0 Å². The second kappa shape index (κ2) is 5.63. The van der Waals surface area contributed by atoms with Crippen molar-refractivity contribution < 1.29 is 17.7 Å². The van der Waals surface area contributed by atoms with E-state index in [2.05, 4.69) is 6.58 Å². The first-order chi connectivity index (χ1) is 7.54. The molecule has 0 unspecified atom stereocenters. The van der Waals surface area contributed by atoms with Crippen molar-refractivity contribution in [1.82, 2.24) is 0 Å². The number of unbranched alkanes of at least 4 members (excludes halogenated alkanes) is 1. The third kappa shape index (κ3) is 4.00. The molecule has 1 rings (SSSR count). The maximum Gasteiger partial charge on any atom is 0.509 e. The Bertz CT molecular complexity index is 349. The van der Waals surface area contributed by atoms with Gasteiger partial charge in [0, 0.05) is 0 Å². The second-order valence-electron chi connectivity index (χ2n) is 3.43. The summed E-state index contributed by atoms with van der Waals surface area (Å²) in [5.41, 5.74) is -0.624. The van der Waals surface area contributed by atoms with Gasteiger partial charge < -0.3 is 17.7 Å². The summed E-state index contributed by atoms with van der Waals surface area (Å²) in [6, 6.07) is 4.97. The van der Waals surface area contributed by atoms with Gasteiger partial charge in [0.2, 0.25) is 0 Å². The van der Waals surface area contributed by atoms with Gasteiger partial charge in [-0.2, -0.15) is 0 Å². The number of ether oxygens (including phenoxy) is 1. The molecule has 0 fully saturated rings. The first-order valence-corrected chi connectivity index (χ1v) is 5.07. The van der Waals surface area contributed by atoms with Crippen molar-refractivity contribution in [1.29, 1.82) is 0 Å². The van der Waals surface area contributed by atoms with Crippen LogP contribution in [0.15, 0.2) is 36.9 Å². The smallest absolute Gasteiger partial charge is 0.494 e. The molecule has 16 heavy (non-hydrogen) atoms. The summed E-state index contributed by atoms with van der Waals surface area (Å²) in [5, 5.41) is 0. The van der Waals surface area contributed by atoms with E-state index in [1.54, 1.807) is 6.08 Å². The lowest BCUT2D eigenvalue weighted by atomic mass is 9.80. The fraction of sp³-hybridized carbons (Fsp3) is 0.273. The highest BCUT2D eigenvalue weighted by Gasteiger charge is 2.25. The van der Waals surface area contributed by atoms with Gasteiger partial charge in [0.1, 0.15) is 5.75 Å². The zero-order valence-electron chi connectivity index (χ0n) is 8.83. The predicted molar refractivity (Wildman–Crippen MR) is 60.1 cm³/mol. The average molecular weight is 229 g/mol. The fourth-order valence-corrected chi connectivity index (χ4v) is 1.23. The van der Waals surface area contributed by atoms with Gasteiger partial charge in [0.25, 0.3) is 0 Å². The predicted octanol–water partition coefficient (Wildman–Crippen LogP) is 3.09. The molecule has 0 saturated carbocycles. The fourth-order valence-electron chi connectivity index (χ4n) is 1.23. The molecule has 0 heterocycles. The number of halogens is 3. The van der Waals surface area contributed by atoms with Crippen molar-refractivity contribution in [3.8, 4) is 5.75 Å². The second-order valence-corrected chi connectivity index (χ2v) is 3.43. The molecule has 0 bridgehead atoms. The van der Waals surface area contributed by atoms with E-state index in [9.17, 15) is 12.9 Å². The van der Waals surface area contributed by atoms with E-state index in [1.807, 2.05) is 0 Å². The number of allylic oxidation sites excluding steroid dienone is 1. The van der Waals surface area contributed by atoms with Crippen LogP contribution >= 0.6 is 0 Å². The summed E-state index contributed by atoms with van der Waals surface area (Å²) in [7, 11) is 0. The molecular weight excluding hydrogens is 216 g/mol. The Morgan fingerprint density at radius 1 is 1.31 bits per heavy atom. The normalized spacial score (nSPS) is 11.2. The molecule has 1 aromatic carbocycles. The van der Waals surface area contributed by atoms with E-state index in [4.69, 9.17) is 4.74 Å². The van der Waals surface area contributed by atoms with Crippen molar-refractivity contribution in [3.63, 3.8) is 0 Å². The molecular formula is C11H13BF3O-. The maximum atomic E-state index is 12.4. The van der Waals surface area contributed by atoms with E-state index in [1.165, 1.54) is 12.1 Å². The average Bonchev–Trinajstić information content (AvgIpc) is 2.24. The van der Waals surface area contributed by atoms with E-state index >= 15 is 0 Å². The van der Waals surface area contributed by atoms with Crippen LogP contribution < -0.4 is 10.2 Å². The Hall–Kier alpha value is -1.39. The van der Waals surface area contributed by atoms with Crippen molar-refractivity contribution in [3.05, 3.63) is 36.9 Å². The zero-order valence-corrected chi connectivity index (χ0v) is 8.83. The molecule has 0 aliphatic carbocycles. The summed E-state index contributed by atoms with van der Waals surface area (Å²) in [6.45, 7) is -0.994. The molecule has 0 spiro atoms. The summed E-state index contributed by atoms with van der Waals surface area (Å²) >= 11 is 0. The molecule has 1 aromatic rings. The molecule has 0 radical (unpaired) electrons. The van der Waals surface area contributed by atoms with Crippen LogP contribution in [0.5, 0.6) is 5.75 Å². The van der Waals surface area contributed by atoms with Crippen LogP contribution in [-0.4, -0.2) is 13.6 Å².